The van der Waals surface area contributed by atoms with Crippen LogP contribution < -0.4 is 10.2 Å². The maximum Gasteiger partial charge on any atom is 0.123 e. The fourth-order valence-electron chi connectivity index (χ4n) is 2.70. The van der Waals surface area contributed by atoms with Crippen LogP contribution in [0.4, 0.5) is 10.1 Å². The maximum atomic E-state index is 13.2. The van der Waals surface area contributed by atoms with Crippen molar-refractivity contribution >= 4 is 5.69 Å². The average molecular weight is 250 g/mol. The molecule has 1 aromatic carbocycles. The summed E-state index contributed by atoms with van der Waals surface area (Å²) >= 11 is 0. The van der Waals surface area contributed by atoms with Crippen LogP contribution in [-0.2, 0) is 0 Å². The van der Waals surface area contributed by atoms with Gasteiger partial charge in [-0.1, -0.05) is 13.8 Å². The smallest absolute Gasteiger partial charge is 0.123 e. The van der Waals surface area contributed by atoms with Gasteiger partial charge in [0.1, 0.15) is 5.82 Å². The minimum Gasteiger partial charge on any atom is -0.371 e. The topological polar surface area (TPSA) is 15.3 Å². The van der Waals surface area contributed by atoms with Gasteiger partial charge < -0.3 is 10.2 Å². The van der Waals surface area contributed by atoms with Gasteiger partial charge in [-0.2, -0.15) is 0 Å². The molecule has 0 bridgehead atoms. The minimum absolute atomic E-state index is 0.147. The van der Waals surface area contributed by atoms with Crippen LogP contribution in [-0.4, -0.2) is 26.2 Å². The van der Waals surface area contributed by atoms with E-state index < -0.39 is 0 Å². The minimum atomic E-state index is -0.147. The van der Waals surface area contributed by atoms with Gasteiger partial charge in [0.25, 0.3) is 0 Å². The number of rotatable bonds is 1. The van der Waals surface area contributed by atoms with Crippen LogP contribution in [0.25, 0.3) is 0 Å². The molecule has 0 aliphatic carbocycles. The summed E-state index contributed by atoms with van der Waals surface area (Å²) in [5.41, 5.74) is 2.21. The molecule has 0 saturated carbocycles. The third-order valence-electron chi connectivity index (χ3n) is 3.55. The molecule has 1 aliphatic rings. The lowest BCUT2D eigenvalue weighted by atomic mass is 10.0. The largest absolute Gasteiger partial charge is 0.371 e. The summed E-state index contributed by atoms with van der Waals surface area (Å²) in [7, 11) is 0. The molecule has 1 aromatic rings. The number of nitrogens with zero attached hydrogens (tertiary/aromatic N) is 1. The van der Waals surface area contributed by atoms with Crippen LogP contribution in [0.1, 0.15) is 19.4 Å². The summed E-state index contributed by atoms with van der Waals surface area (Å²) < 4.78 is 13.2. The van der Waals surface area contributed by atoms with Crippen LogP contribution in [0.5, 0.6) is 0 Å². The zero-order valence-corrected chi connectivity index (χ0v) is 11.5. The zero-order chi connectivity index (χ0) is 13.1. The molecule has 0 radical (unpaired) electrons. The fraction of sp³-hybridized carbons (Fsp3) is 0.600. The number of anilines is 1. The molecular weight excluding hydrogens is 227 g/mol. The quantitative estimate of drug-likeness (QED) is 0.824. The van der Waals surface area contributed by atoms with Gasteiger partial charge in [-0.3, -0.25) is 0 Å². The Morgan fingerprint density at radius 3 is 2.33 bits per heavy atom. The second kappa shape index (κ2) is 5.70. The molecule has 1 N–H and O–H groups in total. The van der Waals surface area contributed by atoms with E-state index in [1.807, 2.05) is 13.0 Å². The predicted molar refractivity (Wildman–Crippen MR) is 74.5 cm³/mol. The van der Waals surface area contributed by atoms with Gasteiger partial charge in [-0.15, -0.1) is 0 Å². The normalized spacial score (nSPS) is 25.7. The van der Waals surface area contributed by atoms with Gasteiger partial charge >= 0.3 is 0 Å². The summed E-state index contributed by atoms with van der Waals surface area (Å²) in [5.74, 6) is 1.08. The van der Waals surface area contributed by atoms with Crippen molar-refractivity contribution in [1.82, 2.24) is 5.32 Å². The lowest BCUT2D eigenvalue weighted by Gasteiger charge is -2.34. The number of halogens is 1. The Bertz CT molecular complexity index is 393. The fourth-order valence-corrected chi connectivity index (χ4v) is 2.70. The molecule has 0 spiro atoms. The standard InChI is InChI=1S/C15H23FN2/c1-11-7-17-8-12(2)10-18(9-11)15-5-4-14(16)6-13(15)3/h4-6,11-12,17H,7-10H2,1-3H3. The van der Waals surface area contributed by atoms with Gasteiger partial charge in [0.2, 0.25) is 0 Å². The Labute approximate surface area is 109 Å². The monoisotopic (exact) mass is 250 g/mol. The molecule has 0 amide bonds. The third kappa shape index (κ3) is 3.22. The molecule has 2 unspecified atom stereocenters. The van der Waals surface area contributed by atoms with Crippen molar-refractivity contribution in [3.8, 4) is 0 Å². The van der Waals surface area contributed by atoms with Crippen molar-refractivity contribution in [3.05, 3.63) is 29.6 Å². The van der Waals surface area contributed by atoms with E-state index >= 15 is 0 Å². The first-order chi connectivity index (χ1) is 8.56. The van der Waals surface area contributed by atoms with E-state index in [-0.39, 0.29) is 5.82 Å². The number of nitrogens with one attached hydrogen (secondary N) is 1. The van der Waals surface area contributed by atoms with E-state index in [0.717, 1.165) is 31.7 Å². The lowest BCUT2D eigenvalue weighted by Crippen LogP contribution is -2.42. The number of benzene rings is 1. The van der Waals surface area contributed by atoms with Crippen LogP contribution in [0, 0.1) is 24.6 Å². The third-order valence-corrected chi connectivity index (χ3v) is 3.55. The van der Waals surface area contributed by atoms with Gasteiger partial charge in [0.05, 0.1) is 0 Å². The molecule has 3 heteroatoms. The molecule has 100 valence electrons. The summed E-state index contributed by atoms with van der Waals surface area (Å²) in [6, 6.07) is 5.11. The summed E-state index contributed by atoms with van der Waals surface area (Å²) in [6.07, 6.45) is 0. The van der Waals surface area contributed by atoms with Crippen molar-refractivity contribution in [2.45, 2.75) is 20.8 Å². The highest BCUT2D eigenvalue weighted by atomic mass is 19.1. The first kappa shape index (κ1) is 13.3. The Balaban J connectivity index is 2.22. The second-order valence-electron chi connectivity index (χ2n) is 5.70. The second-order valence-corrected chi connectivity index (χ2v) is 5.70. The summed E-state index contributed by atoms with van der Waals surface area (Å²) in [5, 5.41) is 3.50. The van der Waals surface area contributed by atoms with Crippen LogP contribution in [0.3, 0.4) is 0 Å². The maximum absolute atomic E-state index is 13.2. The molecule has 1 aliphatic heterocycles. The Hall–Kier alpha value is -1.09. The molecule has 18 heavy (non-hydrogen) atoms. The molecule has 1 fully saturated rings. The Kier molecular flexibility index (Phi) is 4.23. The highest BCUT2D eigenvalue weighted by Gasteiger charge is 2.18. The summed E-state index contributed by atoms with van der Waals surface area (Å²) in [4.78, 5) is 2.41. The van der Waals surface area contributed by atoms with E-state index in [9.17, 15) is 4.39 Å². The van der Waals surface area contributed by atoms with E-state index in [4.69, 9.17) is 0 Å². The molecule has 1 heterocycles. The molecular formula is C15H23FN2. The van der Waals surface area contributed by atoms with Crippen molar-refractivity contribution in [2.24, 2.45) is 11.8 Å². The predicted octanol–water partition coefficient (Wildman–Crippen LogP) is 2.82. The van der Waals surface area contributed by atoms with Gasteiger partial charge in [-0.05, 0) is 55.6 Å². The van der Waals surface area contributed by atoms with E-state index in [1.54, 1.807) is 12.1 Å². The van der Waals surface area contributed by atoms with Crippen LogP contribution in [0.15, 0.2) is 18.2 Å². The van der Waals surface area contributed by atoms with Gasteiger partial charge in [0, 0.05) is 18.8 Å². The zero-order valence-electron chi connectivity index (χ0n) is 11.5. The SMILES string of the molecule is Cc1cc(F)ccc1N1CC(C)CNCC(C)C1. The highest BCUT2D eigenvalue weighted by Crippen LogP contribution is 2.23. The summed E-state index contributed by atoms with van der Waals surface area (Å²) in [6.45, 7) is 10.7. The van der Waals surface area contributed by atoms with E-state index in [0.29, 0.717) is 11.8 Å². The number of hydrogen-bond acceptors (Lipinski definition) is 2. The molecule has 2 rings (SSSR count). The first-order valence-electron chi connectivity index (χ1n) is 6.78. The highest BCUT2D eigenvalue weighted by molar-refractivity contribution is 5.53. The van der Waals surface area contributed by atoms with Crippen molar-refractivity contribution < 1.29 is 4.39 Å². The van der Waals surface area contributed by atoms with Gasteiger partial charge in [0.15, 0.2) is 0 Å². The van der Waals surface area contributed by atoms with Crippen molar-refractivity contribution in [1.29, 1.82) is 0 Å². The Morgan fingerprint density at radius 2 is 1.78 bits per heavy atom. The lowest BCUT2D eigenvalue weighted by molar-refractivity contribution is 0.410. The van der Waals surface area contributed by atoms with Crippen LogP contribution in [0.2, 0.25) is 0 Å². The van der Waals surface area contributed by atoms with Crippen molar-refractivity contribution in [2.75, 3.05) is 31.1 Å². The number of aryl methyl sites for hydroxylation is 1. The molecule has 2 atom stereocenters. The number of hydrogen-bond donors (Lipinski definition) is 1. The first-order valence-corrected chi connectivity index (χ1v) is 6.78. The molecule has 2 nitrogen and oxygen atoms in total. The van der Waals surface area contributed by atoms with Crippen molar-refractivity contribution in [3.63, 3.8) is 0 Å². The van der Waals surface area contributed by atoms with Crippen LogP contribution >= 0.6 is 0 Å². The van der Waals surface area contributed by atoms with E-state index in [2.05, 4.69) is 24.1 Å². The molecule has 0 aromatic heterocycles. The van der Waals surface area contributed by atoms with E-state index in [1.165, 1.54) is 5.69 Å². The molecule has 1 saturated heterocycles. The Morgan fingerprint density at radius 1 is 1.17 bits per heavy atom. The average Bonchev–Trinajstić information content (AvgIpc) is 2.26. The van der Waals surface area contributed by atoms with Gasteiger partial charge in [-0.25, -0.2) is 4.39 Å².